The molecule has 0 aromatic rings. The Morgan fingerprint density at radius 1 is 1.56 bits per heavy atom. The maximum absolute atomic E-state index is 10.2. The number of carbonyl (C=O) groups excluding carboxylic acids is 1. The minimum absolute atomic E-state index is 0.220. The molecule has 0 aliphatic heterocycles. The van der Waals surface area contributed by atoms with E-state index in [0.717, 1.165) is 18.5 Å². The molecule has 0 spiro atoms. The van der Waals surface area contributed by atoms with Crippen molar-refractivity contribution >= 4 is 29.8 Å². The molecule has 0 bridgehead atoms. The van der Waals surface area contributed by atoms with Crippen molar-refractivity contribution in [3.05, 3.63) is 0 Å². The van der Waals surface area contributed by atoms with E-state index in [2.05, 4.69) is 6.26 Å². The molecule has 0 aliphatic carbocycles. The predicted molar refractivity (Wildman–Crippen MR) is 46.4 cm³/mol. The molecule has 0 heterocycles. The van der Waals surface area contributed by atoms with Gasteiger partial charge in [0.1, 0.15) is 6.29 Å². The Balaban J connectivity index is 3.20. The smallest absolute Gasteiger partial charge is 0.132 e. The van der Waals surface area contributed by atoms with E-state index in [0.29, 0.717) is 0 Å². The summed E-state index contributed by atoms with van der Waals surface area (Å²) in [4.78, 5) is 10.2. The first-order valence-corrected chi connectivity index (χ1v) is 5.50. The number of thioether (sulfide) groups is 2. The van der Waals surface area contributed by atoms with Gasteiger partial charge in [-0.05, 0) is 24.7 Å². The molecule has 3 heteroatoms. The van der Waals surface area contributed by atoms with E-state index in [1.54, 1.807) is 23.5 Å². The van der Waals surface area contributed by atoms with Crippen molar-refractivity contribution in [1.29, 1.82) is 0 Å². The summed E-state index contributed by atoms with van der Waals surface area (Å²) in [6.45, 7) is 0. The van der Waals surface area contributed by atoms with E-state index in [-0.39, 0.29) is 5.25 Å². The van der Waals surface area contributed by atoms with E-state index in [4.69, 9.17) is 0 Å². The molecule has 0 saturated carbocycles. The molecule has 1 nitrogen and oxygen atoms in total. The highest BCUT2D eigenvalue weighted by Crippen LogP contribution is 2.10. The van der Waals surface area contributed by atoms with Gasteiger partial charge < -0.3 is 4.79 Å². The quantitative estimate of drug-likeness (QED) is 0.575. The minimum atomic E-state index is 0.220. The van der Waals surface area contributed by atoms with Crippen molar-refractivity contribution in [3.63, 3.8) is 0 Å². The average Bonchev–Trinajstić information content (AvgIpc) is 1.91. The van der Waals surface area contributed by atoms with Crippen molar-refractivity contribution in [2.24, 2.45) is 0 Å². The Labute approximate surface area is 65.0 Å². The summed E-state index contributed by atoms with van der Waals surface area (Å²) in [5.74, 6) is 1.09. The maximum Gasteiger partial charge on any atom is 0.132 e. The number of rotatable bonds is 5. The average molecular weight is 164 g/mol. The van der Waals surface area contributed by atoms with Crippen molar-refractivity contribution in [2.45, 2.75) is 11.7 Å². The third kappa shape index (κ3) is 4.85. The van der Waals surface area contributed by atoms with Gasteiger partial charge in [0.25, 0.3) is 0 Å². The lowest BCUT2D eigenvalue weighted by Gasteiger charge is -2.02. The zero-order chi connectivity index (χ0) is 7.11. The topological polar surface area (TPSA) is 17.1 Å². The summed E-state index contributed by atoms with van der Waals surface area (Å²) in [6, 6.07) is 0. The Morgan fingerprint density at radius 3 is 2.56 bits per heavy atom. The summed E-state index contributed by atoms with van der Waals surface area (Å²) < 4.78 is 0. The molecule has 0 rings (SSSR count). The molecule has 1 atom stereocenters. The van der Waals surface area contributed by atoms with Crippen LogP contribution in [0.25, 0.3) is 0 Å². The SMILES string of the molecule is CSCCC(C=O)SC. The first-order valence-electron chi connectivity index (χ1n) is 2.82. The van der Waals surface area contributed by atoms with Crippen LogP contribution in [-0.2, 0) is 4.79 Å². The van der Waals surface area contributed by atoms with Gasteiger partial charge >= 0.3 is 0 Å². The van der Waals surface area contributed by atoms with Gasteiger partial charge in [-0.1, -0.05) is 0 Å². The lowest BCUT2D eigenvalue weighted by molar-refractivity contribution is -0.107. The summed E-state index contributed by atoms with van der Waals surface area (Å²) >= 11 is 3.42. The Morgan fingerprint density at radius 2 is 2.22 bits per heavy atom. The van der Waals surface area contributed by atoms with Crippen LogP contribution in [0.4, 0.5) is 0 Å². The molecule has 1 unspecified atom stereocenters. The van der Waals surface area contributed by atoms with Crippen LogP contribution in [-0.4, -0.2) is 29.8 Å². The van der Waals surface area contributed by atoms with Crippen LogP contribution in [0.2, 0.25) is 0 Å². The molecule has 0 radical (unpaired) electrons. The van der Waals surface area contributed by atoms with Gasteiger partial charge in [0, 0.05) is 0 Å². The summed E-state index contributed by atoms with van der Waals surface area (Å²) in [5, 5.41) is 0.220. The highest BCUT2D eigenvalue weighted by molar-refractivity contribution is 8.00. The zero-order valence-electron chi connectivity index (χ0n) is 5.79. The molecule has 0 aliphatic rings. The number of hydrogen-bond acceptors (Lipinski definition) is 3. The van der Waals surface area contributed by atoms with Gasteiger partial charge in [-0.2, -0.15) is 23.5 Å². The maximum atomic E-state index is 10.2. The van der Waals surface area contributed by atoms with E-state index in [1.165, 1.54) is 0 Å². The summed E-state index contributed by atoms with van der Waals surface area (Å²) in [6.07, 6.45) is 6.06. The lowest BCUT2D eigenvalue weighted by Crippen LogP contribution is -2.03. The van der Waals surface area contributed by atoms with Crippen molar-refractivity contribution in [1.82, 2.24) is 0 Å². The molecule has 0 saturated heterocycles. The molecule has 54 valence electrons. The highest BCUT2D eigenvalue weighted by Gasteiger charge is 2.01. The first kappa shape index (κ1) is 9.37. The molecular formula is C6H12OS2. The predicted octanol–water partition coefficient (Wildman–Crippen LogP) is 1.67. The van der Waals surface area contributed by atoms with Crippen molar-refractivity contribution in [3.8, 4) is 0 Å². The molecule has 9 heavy (non-hydrogen) atoms. The van der Waals surface area contributed by atoms with Gasteiger partial charge in [0.15, 0.2) is 0 Å². The van der Waals surface area contributed by atoms with Gasteiger partial charge in [0.2, 0.25) is 0 Å². The second-order valence-corrected chi connectivity index (χ2v) is 3.75. The number of hydrogen-bond donors (Lipinski definition) is 0. The van der Waals surface area contributed by atoms with Crippen molar-refractivity contribution < 1.29 is 4.79 Å². The third-order valence-electron chi connectivity index (χ3n) is 1.06. The number of aldehydes is 1. The van der Waals surface area contributed by atoms with Crippen LogP contribution >= 0.6 is 23.5 Å². The largest absolute Gasteiger partial charge is 0.302 e. The molecule has 0 aromatic heterocycles. The molecule has 0 amide bonds. The fourth-order valence-electron chi connectivity index (χ4n) is 0.475. The Bertz CT molecular complexity index is 75.5. The van der Waals surface area contributed by atoms with E-state index < -0.39 is 0 Å². The minimum Gasteiger partial charge on any atom is -0.302 e. The van der Waals surface area contributed by atoms with Gasteiger partial charge in [-0.25, -0.2) is 0 Å². The summed E-state index contributed by atoms with van der Waals surface area (Å²) in [5.41, 5.74) is 0. The fourth-order valence-corrected chi connectivity index (χ4v) is 1.58. The summed E-state index contributed by atoms with van der Waals surface area (Å²) in [7, 11) is 0. The molecule has 0 aromatic carbocycles. The van der Waals surface area contributed by atoms with Crippen LogP contribution in [0, 0.1) is 0 Å². The molecule has 0 N–H and O–H groups in total. The van der Waals surface area contributed by atoms with Gasteiger partial charge in [0.05, 0.1) is 5.25 Å². The Kier molecular flexibility index (Phi) is 6.76. The van der Waals surface area contributed by atoms with Crippen LogP contribution in [0.1, 0.15) is 6.42 Å². The first-order chi connectivity index (χ1) is 4.35. The molecule has 0 fully saturated rings. The zero-order valence-corrected chi connectivity index (χ0v) is 7.43. The molecular weight excluding hydrogens is 152 g/mol. The van der Waals surface area contributed by atoms with E-state index >= 15 is 0 Å². The third-order valence-corrected chi connectivity index (χ3v) is 2.66. The lowest BCUT2D eigenvalue weighted by atomic mass is 10.4. The van der Waals surface area contributed by atoms with E-state index in [9.17, 15) is 4.79 Å². The van der Waals surface area contributed by atoms with Gasteiger partial charge in [-0.15, -0.1) is 0 Å². The second-order valence-electron chi connectivity index (χ2n) is 1.69. The highest BCUT2D eigenvalue weighted by atomic mass is 32.2. The van der Waals surface area contributed by atoms with Crippen LogP contribution in [0.15, 0.2) is 0 Å². The monoisotopic (exact) mass is 164 g/mol. The van der Waals surface area contributed by atoms with Gasteiger partial charge in [-0.3, -0.25) is 0 Å². The van der Waals surface area contributed by atoms with Crippen LogP contribution < -0.4 is 0 Å². The second kappa shape index (κ2) is 6.49. The van der Waals surface area contributed by atoms with Crippen molar-refractivity contribution in [2.75, 3.05) is 18.3 Å². The van der Waals surface area contributed by atoms with E-state index in [1.807, 2.05) is 6.26 Å². The Hall–Kier alpha value is 0.370. The van der Waals surface area contributed by atoms with Crippen LogP contribution in [0.3, 0.4) is 0 Å². The number of carbonyl (C=O) groups is 1. The van der Waals surface area contributed by atoms with Crippen LogP contribution in [0.5, 0.6) is 0 Å². The fraction of sp³-hybridized carbons (Fsp3) is 0.833. The normalized spacial score (nSPS) is 13.1. The standard InChI is InChI=1S/C6H12OS2/c1-8-4-3-6(5-7)9-2/h5-6H,3-4H2,1-2H3.